The molecule has 0 fully saturated rings. The molecular formula is C18H17ClN2O2S. The number of anilines is 1. The van der Waals surface area contributed by atoms with Crippen molar-refractivity contribution in [3.05, 3.63) is 58.6 Å². The van der Waals surface area contributed by atoms with E-state index in [1.807, 2.05) is 31.2 Å². The molecule has 124 valence electrons. The topological polar surface area (TPSA) is 50.7 Å². The van der Waals surface area contributed by atoms with E-state index in [2.05, 4.69) is 10.3 Å². The zero-order valence-corrected chi connectivity index (χ0v) is 14.9. The van der Waals surface area contributed by atoms with E-state index in [1.165, 1.54) is 0 Å². The summed E-state index contributed by atoms with van der Waals surface area (Å²) in [6.45, 7) is 2.03. The van der Waals surface area contributed by atoms with Gasteiger partial charge in [0, 0.05) is 11.4 Å². The van der Waals surface area contributed by atoms with Crippen molar-refractivity contribution in [2.24, 2.45) is 4.99 Å². The average Bonchev–Trinajstić information content (AvgIpc) is 3.01. The fourth-order valence-corrected chi connectivity index (χ4v) is 3.58. The molecule has 6 heteroatoms. The predicted octanol–water partition coefficient (Wildman–Crippen LogP) is 4.81. The van der Waals surface area contributed by atoms with E-state index in [0.717, 1.165) is 22.0 Å². The number of ether oxygens (including phenoxy) is 1. The maximum atomic E-state index is 12.4. The normalized spacial score (nSPS) is 16.6. The summed E-state index contributed by atoms with van der Waals surface area (Å²) in [7, 11) is 1.56. The lowest BCUT2D eigenvalue weighted by molar-refractivity contribution is 0.102. The smallest absolute Gasteiger partial charge is 0.257 e. The van der Waals surface area contributed by atoms with Crippen molar-refractivity contribution < 1.29 is 9.53 Å². The van der Waals surface area contributed by atoms with Gasteiger partial charge in [-0.1, -0.05) is 23.7 Å². The number of halogens is 1. The van der Waals surface area contributed by atoms with Crippen molar-refractivity contribution in [1.82, 2.24) is 0 Å². The van der Waals surface area contributed by atoms with Gasteiger partial charge in [-0.25, -0.2) is 0 Å². The Morgan fingerprint density at radius 1 is 1.29 bits per heavy atom. The van der Waals surface area contributed by atoms with E-state index in [9.17, 15) is 4.79 Å². The molecule has 1 heterocycles. The first-order valence-electron chi connectivity index (χ1n) is 7.49. The van der Waals surface area contributed by atoms with E-state index >= 15 is 0 Å². The highest BCUT2D eigenvalue weighted by molar-refractivity contribution is 8.14. The summed E-state index contributed by atoms with van der Waals surface area (Å²) in [5.41, 5.74) is 2.29. The Kier molecular flexibility index (Phi) is 5.11. The number of hydrogen-bond acceptors (Lipinski definition) is 4. The molecule has 1 N–H and O–H groups in total. The molecule has 1 atom stereocenters. The van der Waals surface area contributed by atoms with Crippen molar-refractivity contribution in [2.75, 3.05) is 18.2 Å². The molecule has 0 radical (unpaired) electrons. The van der Waals surface area contributed by atoms with Crippen LogP contribution in [-0.2, 0) is 0 Å². The van der Waals surface area contributed by atoms with Gasteiger partial charge in [-0.3, -0.25) is 9.79 Å². The second-order valence-electron chi connectivity index (χ2n) is 5.40. The van der Waals surface area contributed by atoms with E-state index in [0.29, 0.717) is 16.3 Å². The van der Waals surface area contributed by atoms with Gasteiger partial charge in [0.2, 0.25) is 0 Å². The zero-order chi connectivity index (χ0) is 17.1. The molecule has 0 saturated carbocycles. The summed E-state index contributed by atoms with van der Waals surface area (Å²) in [6, 6.07) is 13.0. The highest BCUT2D eigenvalue weighted by atomic mass is 35.5. The van der Waals surface area contributed by atoms with E-state index < -0.39 is 0 Å². The molecule has 0 aliphatic carbocycles. The van der Waals surface area contributed by atoms with E-state index in [1.54, 1.807) is 37.1 Å². The van der Waals surface area contributed by atoms with Crippen molar-refractivity contribution in [3.63, 3.8) is 0 Å². The molecule has 1 aliphatic rings. The maximum Gasteiger partial charge on any atom is 0.257 e. The quantitative estimate of drug-likeness (QED) is 0.851. The third kappa shape index (κ3) is 3.74. The molecule has 1 unspecified atom stereocenters. The molecule has 24 heavy (non-hydrogen) atoms. The maximum absolute atomic E-state index is 12.4. The molecule has 0 saturated heterocycles. The molecule has 3 rings (SSSR count). The summed E-state index contributed by atoms with van der Waals surface area (Å²) in [6.07, 6.45) is 0. The lowest BCUT2D eigenvalue weighted by Gasteiger charge is -2.10. The van der Waals surface area contributed by atoms with Crippen LogP contribution in [0.2, 0.25) is 5.02 Å². The third-order valence-corrected chi connectivity index (χ3v) is 5.08. The second-order valence-corrected chi connectivity index (χ2v) is 7.02. The van der Waals surface area contributed by atoms with E-state index in [-0.39, 0.29) is 11.9 Å². The van der Waals surface area contributed by atoms with Crippen LogP contribution >= 0.6 is 23.4 Å². The lowest BCUT2D eigenvalue weighted by Crippen LogP contribution is -2.12. The largest absolute Gasteiger partial charge is 0.497 e. The Hall–Kier alpha value is -1.98. The summed E-state index contributed by atoms with van der Waals surface area (Å²) in [5, 5.41) is 4.33. The van der Waals surface area contributed by atoms with Gasteiger partial charge in [0.05, 0.1) is 28.8 Å². The van der Waals surface area contributed by atoms with E-state index in [4.69, 9.17) is 16.3 Å². The Labute approximate surface area is 150 Å². The second kappa shape index (κ2) is 7.28. The monoisotopic (exact) mass is 360 g/mol. The van der Waals surface area contributed by atoms with Gasteiger partial charge >= 0.3 is 0 Å². The molecule has 2 aromatic rings. The number of nitrogens with one attached hydrogen (secondary N) is 1. The molecule has 1 aliphatic heterocycles. The number of hydrogen-bond donors (Lipinski definition) is 1. The van der Waals surface area contributed by atoms with Crippen LogP contribution < -0.4 is 10.1 Å². The summed E-state index contributed by atoms with van der Waals surface area (Å²) >= 11 is 7.91. The number of aliphatic imine (C=N–C) groups is 1. The molecule has 2 aromatic carbocycles. The van der Waals surface area contributed by atoms with Crippen molar-refractivity contribution >= 4 is 40.0 Å². The number of carbonyl (C=O) groups excluding carboxylic acids is 1. The van der Waals surface area contributed by atoms with Gasteiger partial charge in [-0.15, -0.1) is 11.8 Å². The van der Waals surface area contributed by atoms with Crippen LogP contribution in [0.4, 0.5) is 5.69 Å². The molecular weight excluding hydrogens is 344 g/mol. The summed E-state index contributed by atoms with van der Waals surface area (Å²) in [5.74, 6) is 1.34. The van der Waals surface area contributed by atoms with Gasteiger partial charge < -0.3 is 10.1 Å². The first kappa shape index (κ1) is 16.9. The van der Waals surface area contributed by atoms with Gasteiger partial charge in [0.15, 0.2) is 0 Å². The number of amides is 1. The van der Waals surface area contributed by atoms with Gasteiger partial charge in [-0.05, 0) is 42.8 Å². The number of carbonyl (C=O) groups is 1. The molecule has 0 spiro atoms. The summed E-state index contributed by atoms with van der Waals surface area (Å²) < 4.78 is 5.09. The lowest BCUT2D eigenvalue weighted by atomic mass is 10.1. The van der Waals surface area contributed by atoms with Gasteiger partial charge in [-0.2, -0.15) is 0 Å². The van der Waals surface area contributed by atoms with Crippen molar-refractivity contribution in [3.8, 4) is 5.75 Å². The van der Waals surface area contributed by atoms with Gasteiger partial charge in [0.25, 0.3) is 5.91 Å². The van der Waals surface area contributed by atoms with Gasteiger partial charge in [0.1, 0.15) is 5.75 Å². The molecule has 1 amide bonds. The van der Waals surface area contributed by atoms with Crippen LogP contribution in [0.1, 0.15) is 28.9 Å². The van der Waals surface area contributed by atoms with Crippen molar-refractivity contribution in [2.45, 2.75) is 13.0 Å². The van der Waals surface area contributed by atoms with Crippen LogP contribution in [0, 0.1) is 0 Å². The van der Waals surface area contributed by atoms with Crippen molar-refractivity contribution in [1.29, 1.82) is 0 Å². The van der Waals surface area contributed by atoms with Crippen LogP contribution in [0.3, 0.4) is 0 Å². The Morgan fingerprint density at radius 3 is 2.62 bits per heavy atom. The first-order valence-corrected chi connectivity index (χ1v) is 8.85. The fraction of sp³-hybridized carbons (Fsp3) is 0.222. The Balaban J connectivity index is 1.71. The fourth-order valence-electron chi connectivity index (χ4n) is 2.46. The number of rotatable bonds is 4. The minimum Gasteiger partial charge on any atom is -0.497 e. The number of methoxy groups -OCH3 is 1. The predicted molar refractivity (Wildman–Crippen MR) is 101 cm³/mol. The Morgan fingerprint density at radius 2 is 2.04 bits per heavy atom. The molecule has 4 nitrogen and oxygen atoms in total. The first-order chi connectivity index (χ1) is 11.6. The number of nitrogens with zero attached hydrogens (tertiary/aromatic N) is 1. The highest BCUT2D eigenvalue weighted by Gasteiger charge is 2.17. The third-order valence-electron chi connectivity index (χ3n) is 3.76. The van der Waals surface area contributed by atoms with Crippen LogP contribution in [-0.4, -0.2) is 23.8 Å². The minimum atomic E-state index is -0.249. The van der Waals surface area contributed by atoms with Crippen LogP contribution in [0.5, 0.6) is 5.75 Å². The zero-order valence-electron chi connectivity index (χ0n) is 13.4. The molecule has 0 bridgehead atoms. The van der Waals surface area contributed by atoms with Crippen LogP contribution in [0.15, 0.2) is 47.5 Å². The average molecular weight is 361 g/mol. The highest BCUT2D eigenvalue weighted by Crippen LogP contribution is 2.31. The number of thioether (sulfide) groups is 1. The number of benzene rings is 2. The minimum absolute atomic E-state index is 0.204. The SMILES string of the molecule is COc1ccc(C(=O)Nc2ccc(C3CSC(C)=N3)cc2)c(Cl)c1. The summed E-state index contributed by atoms with van der Waals surface area (Å²) in [4.78, 5) is 16.9. The Bertz CT molecular complexity index is 790. The van der Waals surface area contributed by atoms with Crippen LogP contribution in [0.25, 0.3) is 0 Å². The molecule has 0 aromatic heterocycles. The standard InChI is InChI=1S/C18H17ClN2O2S/c1-11-20-17(10-24-11)12-3-5-13(6-4-12)21-18(22)15-8-7-14(23-2)9-16(15)19/h3-9,17H,10H2,1-2H3,(H,21,22).